The number of piperidine rings is 1. The van der Waals surface area contributed by atoms with E-state index >= 15 is 0 Å². The minimum atomic E-state index is -0.215. The molecular weight excluding hydrogens is 468 g/mol. The molecule has 2 atom stereocenters. The summed E-state index contributed by atoms with van der Waals surface area (Å²) in [4.78, 5) is 39.4. The van der Waals surface area contributed by atoms with E-state index in [0.717, 1.165) is 29.8 Å². The first kappa shape index (κ1) is 21.6. The van der Waals surface area contributed by atoms with Crippen LogP contribution in [0.2, 0.25) is 0 Å². The van der Waals surface area contributed by atoms with Crippen LogP contribution in [0.1, 0.15) is 30.0 Å². The molecule has 34 heavy (non-hydrogen) atoms. The van der Waals surface area contributed by atoms with Crippen LogP contribution in [-0.2, 0) is 16.0 Å². The molecule has 0 radical (unpaired) electrons. The van der Waals surface area contributed by atoms with Crippen molar-refractivity contribution in [3.8, 4) is 10.6 Å². The molecule has 1 aromatic carbocycles. The van der Waals surface area contributed by atoms with Crippen LogP contribution in [0.4, 0.5) is 4.79 Å². The second-order valence-electron chi connectivity index (χ2n) is 8.78. The molecule has 3 aliphatic rings. The summed E-state index contributed by atoms with van der Waals surface area (Å²) >= 11 is 3.00. The predicted octanol–water partition coefficient (Wildman–Crippen LogP) is 4.41. The Hall–Kier alpha value is -2.91. The average molecular weight is 493 g/mol. The zero-order valence-corrected chi connectivity index (χ0v) is 20.1. The lowest BCUT2D eigenvalue weighted by molar-refractivity contribution is -0.129. The largest absolute Gasteiger partial charge is 0.443 e. The predicted molar refractivity (Wildman–Crippen MR) is 131 cm³/mol. The van der Waals surface area contributed by atoms with Crippen molar-refractivity contribution >= 4 is 35.1 Å². The van der Waals surface area contributed by atoms with Crippen LogP contribution in [0.3, 0.4) is 0 Å². The molecular formula is C25H24N4O3S2. The van der Waals surface area contributed by atoms with E-state index < -0.39 is 0 Å². The van der Waals surface area contributed by atoms with Gasteiger partial charge >= 0.3 is 6.09 Å². The molecule has 0 saturated carbocycles. The van der Waals surface area contributed by atoms with Gasteiger partial charge in [0, 0.05) is 31.7 Å². The second kappa shape index (κ2) is 9.03. The Bertz CT molecular complexity index is 1210. The minimum Gasteiger partial charge on any atom is -0.443 e. The highest BCUT2D eigenvalue weighted by Gasteiger charge is 2.50. The number of fused-ring (bicyclic) bond motifs is 3. The van der Waals surface area contributed by atoms with Crippen molar-refractivity contribution in [2.75, 3.05) is 18.8 Å². The third-order valence-electron chi connectivity index (χ3n) is 6.85. The minimum absolute atomic E-state index is 0.000669. The Kier molecular flexibility index (Phi) is 5.74. The molecule has 4 heterocycles. The molecule has 2 saturated heterocycles. The van der Waals surface area contributed by atoms with Crippen LogP contribution >= 0.6 is 23.1 Å². The maximum Gasteiger partial charge on any atom is 0.411 e. The number of likely N-dealkylation sites (tertiary alicyclic amines) is 1. The van der Waals surface area contributed by atoms with Crippen molar-refractivity contribution in [2.45, 2.75) is 42.6 Å². The molecule has 0 unspecified atom stereocenters. The van der Waals surface area contributed by atoms with Gasteiger partial charge in [0.05, 0.1) is 22.4 Å². The summed E-state index contributed by atoms with van der Waals surface area (Å²) in [6.07, 6.45) is 3.75. The lowest BCUT2D eigenvalue weighted by Gasteiger charge is -2.37. The summed E-state index contributed by atoms with van der Waals surface area (Å²) in [6.45, 7) is 1.28. The normalized spacial score (nSPS) is 21.9. The molecule has 2 fully saturated rings. The van der Waals surface area contributed by atoms with E-state index in [1.165, 1.54) is 22.9 Å². The number of nitrogens with zero attached hydrogens (tertiary/aromatic N) is 4. The fourth-order valence-electron chi connectivity index (χ4n) is 5.24. The van der Waals surface area contributed by atoms with E-state index in [1.807, 2.05) is 45.5 Å². The molecule has 6 rings (SSSR count). The van der Waals surface area contributed by atoms with Crippen molar-refractivity contribution in [3.63, 3.8) is 0 Å². The van der Waals surface area contributed by atoms with Crippen LogP contribution in [0.5, 0.6) is 0 Å². The monoisotopic (exact) mass is 492 g/mol. The number of aromatic nitrogens is 2. The first-order valence-corrected chi connectivity index (χ1v) is 13.4. The van der Waals surface area contributed by atoms with Gasteiger partial charge in [-0.05, 0) is 41.5 Å². The smallest absolute Gasteiger partial charge is 0.411 e. The number of hydrogen-bond donors (Lipinski definition) is 0. The topological polar surface area (TPSA) is 75.6 Å². The summed E-state index contributed by atoms with van der Waals surface area (Å²) in [5.74, 6) is 0.393. The Morgan fingerprint density at radius 2 is 2.00 bits per heavy atom. The fourth-order valence-corrected chi connectivity index (χ4v) is 6.66. The molecule has 0 spiro atoms. The molecule has 7 nitrogen and oxygen atoms in total. The van der Waals surface area contributed by atoms with Crippen molar-refractivity contribution < 1.29 is 14.3 Å². The molecule has 2 aromatic heterocycles. The van der Waals surface area contributed by atoms with Crippen LogP contribution in [-0.4, -0.2) is 62.8 Å². The molecule has 0 N–H and O–H groups in total. The molecule has 1 aliphatic carbocycles. The van der Waals surface area contributed by atoms with E-state index in [9.17, 15) is 9.59 Å². The van der Waals surface area contributed by atoms with Crippen molar-refractivity contribution in [2.24, 2.45) is 0 Å². The Balaban J connectivity index is 1.06. The standard InChI is InChI=1S/C25H24N4O3S2/c30-22(15-34-24-26-10-7-19(27-24)21-6-3-13-33-21)28-11-8-17(9-12-28)29-23-18-5-2-1-4-16(18)14-20(23)32-25(29)31/h1-7,10,13,17,20,23H,8-9,11-12,14-15H2/t20-,23+/m0/s1. The molecule has 2 aliphatic heterocycles. The highest BCUT2D eigenvalue weighted by atomic mass is 32.2. The highest BCUT2D eigenvalue weighted by Crippen LogP contribution is 2.44. The van der Waals surface area contributed by atoms with Gasteiger partial charge < -0.3 is 9.64 Å². The van der Waals surface area contributed by atoms with Gasteiger partial charge in [0.15, 0.2) is 5.16 Å². The van der Waals surface area contributed by atoms with Crippen LogP contribution < -0.4 is 0 Å². The molecule has 0 bridgehead atoms. The van der Waals surface area contributed by atoms with E-state index in [4.69, 9.17) is 4.74 Å². The van der Waals surface area contributed by atoms with Gasteiger partial charge in [0.2, 0.25) is 5.91 Å². The molecule has 2 amide bonds. The van der Waals surface area contributed by atoms with E-state index in [0.29, 0.717) is 24.0 Å². The van der Waals surface area contributed by atoms with Gasteiger partial charge in [-0.3, -0.25) is 9.69 Å². The Morgan fingerprint density at radius 3 is 2.82 bits per heavy atom. The fraction of sp³-hybridized carbons (Fsp3) is 0.360. The van der Waals surface area contributed by atoms with Gasteiger partial charge in [0.25, 0.3) is 0 Å². The van der Waals surface area contributed by atoms with Gasteiger partial charge in [0.1, 0.15) is 6.10 Å². The summed E-state index contributed by atoms with van der Waals surface area (Å²) < 4.78 is 5.72. The number of amides is 2. The quantitative estimate of drug-likeness (QED) is 0.388. The maximum atomic E-state index is 12.9. The number of carbonyl (C=O) groups excluding carboxylic acids is 2. The zero-order valence-electron chi connectivity index (χ0n) is 18.5. The third-order valence-corrected chi connectivity index (χ3v) is 8.59. The lowest BCUT2D eigenvalue weighted by atomic mass is 9.99. The summed E-state index contributed by atoms with van der Waals surface area (Å²) in [7, 11) is 0. The zero-order chi connectivity index (χ0) is 23.1. The summed E-state index contributed by atoms with van der Waals surface area (Å²) in [6, 6.07) is 14.3. The van der Waals surface area contributed by atoms with Crippen LogP contribution in [0.25, 0.3) is 10.6 Å². The highest BCUT2D eigenvalue weighted by molar-refractivity contribution is 7.99. The van der Waals surface area contributed by atoms with E-state index in [1.54, 1.807) is 17.5 Å². The lowest BCUT2D eigenvalue weighted by Crippen LogP contribution is -2.48. The average Bonchev–Trinajstić information content (AvgIpc) is 3.59. The first-order valence-electron chi connectivity index (χ1n) is 11.5. The Labute approximate surface area is 206 Å². The Morgan fingerprint density at radius 1 is 1.15 bits per heavy atom. The van der Waals surface area contributed by atoms with E-state index in [2.05, 4.69) is 22.1 Å². The maximum absolute atomic E-state index is 12.9. The summed E-state index contributed by atoms with van der Waals surface area (Å²) in [5.41, 5.74) is 3.35. The number of carbonyl (C=O) groups is 2. The van der Waals surface area contributed by atoms with Crippen LogP contribution in [0, 0.1) is 0 Å². The molecule has 9 heteroatoms. The van der Waals surface area contributed by atoms with Gasteiger partial charge in [-0.15, -0.1) is 11.3 Å². The number of thiophene rings is 1. The SMILES string of the molecule is O=C(CSc1nccc(-c2cccs2)n1)N1CCC(N2C(=O)O[C@H]3Cc4ccccc4[C@H]32)CC1. The third kappa shape index (κ3) is 3.96. The number of benzene rings is 1. The van der Waals surface area contributed by atoms with Gasteiger partial charge in [-0.2, -0.15) is 0 Å². The molecule has 3 aromatic rings. The summed E-state index contributed by atoms with van der Waals surface area (Å²) in [5, 5.41) is 2.63. The van der Waals surface area contributed by atoms with Crippen molar-refractivity contribution in [1.82, 2.24) is 19.8 Å². The van der Waals surface area contributed by atoms with E-state index in [-0.39, 0.29) is 30.2 Å². The number of ether oxygens (including phenoxy) is 1. The van der Waals surface area contributed by atoms with Crippen molar-refractivity contribution in [1.29, 1.82) is 0 Å². The second-order valence-corrected chi connectivity index (χ2v) is 10.7. The van der Waals surface area contributed by atoms with Crippen molar-refractivity contribution in [3.05, 3.63) is 65.2 Å². The number of rotatable bonds is 5. The number of hydrogen-bond acceptors (Lipinski definition) is 7. The first-order chi connectivity index (χ1) is 16.7. The molecule has 174 valence electrons. The van der Waals surface area contributed by atoms with Gasteiger partial charge in [-0.1, -0.05) is 42.1 Å². The number of thioether (sulfide) groups is 1. The van der Waals surface area contributed by atoms with Gasteiger partial charge in [-0.25, -0.2) is 14.8 Å². The van der Waals surface area contributed by atoms with Crippen LogP contribution in [0.15, 0.2) is 59.2 Å².